The summed E-state index contributed by atoms with van der Waals surface area (Å²) in [6.45, 7) is 1.61. The molecular formula is C32H29ClN2O6. The molecule has 1 aromatic heterocycles. The van der Waals surface area contributed by atoms with Crippen molar-refractivity contribution in [3.63, 3.8) is 0 Å². The second kappa shape index (κ2) is 13.3. The van der Waals surface area contributed by atoms with Crippen molar-refractivity contribution in [1.29, 1.82) is 0 Å². The molecule has 41 heavy (non-hydrogen) atoms. The number of amides is 1. The van der Waals surface area contributed by atoms with E-state index in [1.807, 2.05) is 42.5 Å². The summed E-state index contributed by atoms with van der Waals surface area (Å²) in [7, 11) is 3.24. The summed E-state index contributed by atoms with van der Waals surface area (Å²) >= 11 is 5.96. The molecule has 1 heterocycles. The van der Waals surface area contributed by atoms with Gasteiger partial charge in [0, 0.05) is 48.1 Å². The molecule has 0 aliphatic rings. The Bertz CT molecular complexity index is 1660. The first-order valence-corrected chi connectivity index (χ1v) is 13.4. The second-order valence-corrected chi connectivity index (χ2v) is 9.50. The minimum Gasteiger partial charge on any atom is -0.487 e. The third-order valence-corrected chi connectivity index (χ3v) is 6.54. The predicted molar refractivity (Wildman–Crippen MR) is 160 cm³/mol. The van der Waals surface area contributed by atoms with Crippen LogP contribution in [-0.2, 0) is 9.47 Å². The van der Waals surface area contributed by atoms with Gasteiger partial charge >= 0.3 is 0 Å². The van der Waals surface area contributed by atoms with Crippen LogP contribution in [0.25, 0.3) is 21.7 Å². The molecule has 0 aliphatic carbocycles. The second-order valence-electron chi connectivity index (χ2n) is 9.06. The van der Waals surface area contributed by atoms with Crippen LogP contribution < -0.4 is 19.5 Å². The highest BCUT2D eigenvalue weighted by atomic mass is 35.5. The Morgan fingerprint density at radius 2 is 1.51 bits per heavy atom. The van der Waals surface area contributed by atoms with Gasteiger partial charge in [-0.25, -0.2) is 0 Å². The number of carbonyl (C=O) groups is 1. The third-order valence-electron chi connectivity index (χ3n) is 6.28. The molecule has 0 unspecified atom stereocenters. The molecule has 1 N–H and O–H groups in total. The summed E-state index contributed by atoms with van der Waals surface area (Å²) in [5, 5.41) is 5.95. The zero-order valence-electron chi connectivity index (χ0n) is 22.7. The van der Waals surface area contributed by atoms with Gasteiger partial charge in [0.15, 0.2) is 11.5 Å². The molecule has 0 radical (unpaired) electrons. The molecule has 0 aliphatic heterocycles. The number of nitrogens with zero attached hydrogens (tertiary/aromatic N) is 1. The van der Waals surface area contributed by atoms with E-state index in [2.05, 4.69) is 10.3 Å². The number of hydrogen-bond acceptors (Lipinski definition) is 7. The standard InChI is InChI=1S/C32H29ClN2O6/c1-37-14-16-39-30-19-27-28(20-31(30)40-17-15-38-2)34-13-12-29(27)41-24-10-11-25-21(18-24)4-3-5-26(25)32(36)35-23-8-6-22(33)7-9-23/h3-13,18-20H,14-17H2,1-2H3,(H,35,36). The number of nitrogens with one attached hydrogen (secondary N) is 1. The van der Waals surface area contributed by atoms with Gasteiger partial charge in [0.05, 0.1) is 18.7 Å². The molecular weight excluding hydrogens is 544 g/mol. The van der Waals surface area contributed by atoms with Crippen molar-refractivity contribution in [2.45, 2.75) is 0 Å². The summed E-state index contributed by atoms with van der Waals surface area (Å²) < 4.78 is 28.4. The van der Waals surface area contributed by atoms with E-state index in [9.17, 15) is 4.79 Å². The topological polar surface area (TPSA) is 88.1 Å². The highest BCUT2D eigenvalue weighted by Gasteiger charge is 2.15. The predicted octanol–water partition coefficient (Wildman–Crippen LogP) is 7.14. The number of benzene rings is 4. The van der Waals surface area contributed by atoms with E-state index in [1.54, 1.807) is 56.8 Å². The first-order valence-electron chi connectivity index (χ1n) is 13.0. The van der Waals surface area contributed by atoms with Crippen molar-refractivity contribution in [1.82, 2.24) is 4.98 Å². The van der Waals surface area contributed by atoms with Crippen LogP contribution >= 0.6 is 11.6 Å². The number of carbonyl (C=O) groups excluding carboxylic acids is 1. The van der Waals surface area contributed by atoms with Gasteiger partial charge in [0.2, 0.25) is 0 Å². The van der Waals surface area contributed by atoms with Crippen LogP contribution in [0.4, 0.5) is 5.69 Å². The van der Waals surface area contributed by atoms with Gasteiger partial charge in [0.1, 0.15) is 24.7 Å². The van der Waals surface area contributed by atoms with E-state index in [0.29, 0.717) is 71.2 Å². The fourth-order valence-electron chi connectivity index (χ4n) is 4.29. The molecule has 0 bridgehead atoms. The van der Waals surface area contributed by atoms with Crippen molar-refractivity contribution in [3.8, 4) is 23.0 Å². The van der Waals surface area contributed by atoms with Crippen LogP contribution in [0.15, 0.2) is 85.1 Å². The van der Waals surface area contributed by atoms with Crippen LogP contribution in [0.2, 0.25) is 5.02 Å². The number of pyridine rings is 1. The molecule has 0 atom stereocenters. The first kappa shape index (κ1) is 28.2. The van der Waals surface area contributed by atoms with Crippen LogP contribution in [0.5, 0.6) is 23.0 Å². The van der Waals surface area contributed by atoms with Gasteiger partial charge in [-0.15, -0.1) is 0 Å². The number of halogens is 1. The molecule has 9 heteroatoms. The summed E-state index contributed by atoms with van der Waals surface area (Å²) in [4.78, 5) is 17.6. The van der Waals surface area contributed by atoms with Gasteiger partial charge in [-0.05, 0) is 71.4 Å². The Morgan fingerprint density at radius 3 is 2.24 bits per heavy atom. The summed E-state index contributed by atoms with van der Waals surface area (Å²) in [6.07, 6.45) is 1.68. The average molecular weight is 573 g/mol. The maximum Gasteiger partial charge on any atom is 0.256 e. The monoisotopic (exact) mass is 572 g/mol. The Balaban J connectivity index is 1.42. The van der Waals surface area contributed by atoms with Crippen LogP contribution in [0, 0.1) is 0 Å². The number of ether oxygens (including phenoxy) is 5. The van der Waals surface area contributed by atoms with Crippen LogP contribution in [-0.4, -0.2) is 51.5 Å². The molecule has 5 aromatic rings. The minimum absolute atomic E-state index is 0.212. The summed E-state index contributed by atoms with van der Waals surface area (Å²) in [6, 6.07) is 23.7. The maximum atomic E-state index is 13.1. The smallest absolute Gasteiger partial charge is 0.256 e. The Kier molecular flexibility index (Phi) is 9.15. The Morgan fingerprint density at radius 1 is 0.780 bits per heavy atom. The number of aromatic nitrogens is 1. The lowest BCUT2D eigenvalue weighted by Gasteiger charge is -2.15. The zero-order valence-corrected chi connectivity index (χ0v) is 23.4. The molecule has 8 nitrogen and oxygen atoms in total. The van der Waals surface area contributed by atoms with Gasteiger partial charge in [0.25, 0.3) is 5.91 Å². The lowest BCUT2D eigenvalue weighted by atomic mass is 10.0. The Labute approximate surface area is 242 Å². The van der Waals surface area contributed by atoms with E-state index < -0.39 is 0 Å². The Hall–Kier alpha value is -4.37. The zero-order chi connectivity index (χ0) is 28.6. The lowest BCUT2D eigenvalue weighted by molar-refractivity contribution is 0.102. The third kappa shape index (κ3) is 6.86. The summed E-state index contributed by atoms with van der Waals surface area (Å²) in [5.74, 6) is 2.12. The highest BCUT2D eigenvalue weighted by Crippen LogP contribution is 2.38. The first-order chi connectivity index (χ1) is 20.1. The van der Waals surface area contributed by atoms with E-state index in [1.165, 1.54) is 0 Å². The van der Waals surface area contributed by atoms with E-state index >= 15 is 0 Å². The van der Waals surface area contributed by atoms with Crippen molar-refractivity contribution in [3.05, 3.63) is 95.6 Å². The molecule has 1 amide bonds. The fourth-order valence-corrected chi connectivity index (χ4v) is 4.42. The van der Waals surface area contributed by atoms with E-state index in [0.717, 1.165) is 16.2 Å². The van der Waals surface area contributed by atoms with Crippen molar-refractivity contribution in [2.24, 2.45) is 0 Å². The van der Waals surface area contributed by atoms with Crippen molar-refractivity contribution >= 4 is 44.9 Å². The molecule has 4 aromatic carbocycles. The number of anilines is 1. The van der Waals surface area contributed by atoms with Gasteiger partial charge < -0.3 is 29.0 Å². The normalized spacial score (nSPS) is 11.0. The fraction of sp³-hybridized carbons (Fsp3) is 0.188. The van der Waals surface area contributed by atoms with Crippen LogP contribution in [0.1, 0.15) is 10.4 Å². The van der Waals surface area contributed by atoms with E-state index in [4.69, 9.17) is 35.3 Å². The average Bonchev–Trinajstić information content (AvgIpc) is 2.98. The number of methoxy groups -OCH3 is 2. The molecule has 0 spiro atoms. The number of hydrogen-bond donors (Lipinski definition) is 1. The molecule has 0 fully saturated rings. The quantitative estimate of drug-likeness (QED) is 0.159. The number of fused-ring (bicyclic) bond motifs is 2. The molecule has 5 rings (SSSR count). The SMILES string of the molecule is COCCOc1cc2nccc(Oc3ccc4c(C(=O)Nc5ccc(Cl)cc5)cccc4c3)c2cc1OCCOC. The van der Waals surface area contributed by atoms with Crippen LogP contribution in [0.3, 0.4) is 0 Å². The lowest BCUT2D eigenvalue weighted by Crippen LogP contribution is -2.12. The highest BCUT2D eigenvalue weighted by molar-refractivity contribution is 6.30. The maximum absolute atomic E-state index is 13.1. The van der Waals surface area contributed by atoms with Crippen molar-refractivity contribution < 1.29 is 28.5 Å². The van der Waals surface area contributed by atoms with Gasteiger partial charge in [-0.1, -0.05) is 23.7 Å². The molecule has 0 saturated heterocycles. The molecule has 0 saturated carbocycles. The summed E-state index contributed by atoms with van der Waals surface area (Å²) in [5.41, 5.74) is 1.91. The van der Waals surface area contributed by atoms with E-state index in [-0.39, 0.29) is 5.91 Å². The van der Waals surface area contributed by atoms with Crippen molar-refractivity contribution in [2.75, 3.05) is 46.0 Å². The van der Waals surface area contributed by atoms with Gasteiger partial charge in [-0.3, -0.25) is 9.78 Å². The largest absolute Gasteiger partial charge is 0.487 e. The minimum atomic E-state index is -0.212. The van der Waals surface area contributed by atoms with Gasteiger partial charge in [-0.2, -0.15) is 0 Å². The molecule has 210 valence electrons. The number of rotatable bonds is 12.